The molecule has 0 unspecified atom stereocenters. The summed E-state index contributed by atoms with van der Waals surface area (Å²) in [6.45, 7) is 5.58. The molecule has 1 aliphatic heterocycles. The third-order valence-corrected chi connectivity index (χ3v) is 5.32. The van der Waals surface area contributed by atoms with Crippen LogP contribution in [0.5, 0.6) is 0 Å². The van der Waals surface area contributed by atoms with Crippen LogP contribution in [0.1, 0.15) is 48.2 Å². The second-order valence-electron chi connectivity index (χ2n) is 8.66. The highest BCUT2D eigenvalue weighted by Crippen LogP contribution is 2.29. The van der Waals surface area contributed by atoms with Gasteiger partial charge in [0.1, 0.15) is 5.60 Å². The maximum atomic E-state index is 13.0. The summed E-state index contributed by atoms with van der Waals surface area (Å²) < 4.78 is 7.31. The standard InChI is InChI=1S/C25H23ClN4O3/c1-25(2,3)33-24(32)30-13-11-20-18(23(30)31)15-21(29(20)4)19-10-12-27-22(28-19)9-8-16-6-5-7-17(26)14-16/h5-7,10,12,14-15H,11,13H2,1-4H3. The van der Waals surface area contributed by atoms with Gasteiger partial charge < -0.3 is 9.30 Å². The summed E-state index contributed by atoms with van der Waals surface area (Å²) in [5.41, 5.74) is 2.78. The van der Waals surface area contributed by atoms with Crippen molar-refractivity contribution in [2.75, 3.05) is 6.54 Å². The second-order valence-corrected chi connectivity index (χ2v) is 9.10. The zero-order valence-corrected chi connectivity index (χ0v) is 19.6. The molecule has 7 nitrogen and oxygen atoms in total. The average Bonchev–Trinajstić information content (AvgIpc) is 3.09. The van der Waals surface area contributed by atoms with Gasteiger partial charge >= 0.3 is 6.09 Å². The Kier molecular flexibility index (Phi) is 5.96. The highest BCUT2D eigenvalue weighted by Gasteiger charge is 2.34. The van der Waals surface area contributed by atoms with E-state index in [0.717, 1.165) is 21.9 Å². The van der Waals surface area contributed by atoms with Gasteiger partial charge in [-0.05, 0) is 57.0 Å². The molecule has 0 atom stereocenters. The van der Waals surface area contributed by atoms with Gasteiger partial charge in [0.2, 0.25) is 5.82 Å². The van der Waals surface area contributed by atoms with Gasteiger partial charge in [0.05, 0.1) is 17.0 Å². The first-order valence-corrected chi connectivity index (χ1v) is 10.8. The van der Waals surface area contributed by atoms with E-state index in [1.807, 2.05) is 23.7 Å². The minimum absolute atomic E-state index is 0.262. The lowest BCUT2D eigenvalue weighted by molar-refractivity contribution is 0.0232. The number of rotatable bonds is 1. The first-order valence-electron chi connectivity index (χ1n) is 10.5. The number of hydrogen-bond acceptors (Lipinski definition) is 5. The van der Waals surface area contributed by atoms with E-state index in [1.54, 1.807) is 51.2 Å². The topological polar surface area (TPSA) is 77.3 Å². The maximum Gasteiger partial charge on any atom is 0.417 e. The number of amides is 2. The molecule has 0 bridgehead atoms. The Hall–Kier alpha value is -3.63. The van der Waals surface area contributed by atoms with Crippen molar-refractivity contribution in [1.82, 2.24) is 19.4 Å². The number of ether oxygens (including phenoxy) is 1. The van der Waals surface area contributed by atoms with Crippen molar-refractivity contribution in [3.63, 3.8) is 0 Å². The summed E-state index contributed by atoms with van der Waals surface area (Å²) in [7, 11) is 1.88. The Morgan fingerprint density at radius 3 is 2.70 bits per heavy atom. The third-order valence-electron chi connectivity index (χ3n) is 5.08. The minimum Gasteiger partial charge on any atom is -0.443 e. The summed E-state index contributed by atoms with van der Waals surface area (Å²) in [5, 5.41) is 0.607. The van der Waals surface area contributed by atoms with Gasteiger partial charge in [-0.1, -0.05) is 23.6 Å². The molecule has 4 rings (SSSR count). The van der Waals surface area contributed by atoms with Gasteiger partial charge in [0.25, 0.3) is 5.91 Å². The number of aromatic nitrogens is 3. The van der Waals surface area contributed by atoms with Crippen LogP contribution in [0.3, 0.4) is 0 Å². The molecule has 0 radical (unpaired) electrons. The van der Waals surface area contributed by atoms with Crippen LogP contribution in [0.4, 0.5) is 4.79 Å². The van der Waals surface area contributed by atoms with E-state index in [9.17, 15) is 9.59 Å². The van der Waals surface area contributed by atoms with Crippen molar-refractivity contribution >= 4 is 23.6 Å². The summed E-state index contributed by atoms with van der Waals surface area (Å²) in [6, 6.07) is 10.8. The van der Waals surface area contributed by atoms with Gasteiger partial charge in [-0.2, -0.15) is 0 Å². The van der Waals surface area contributed by atoms with E-state index in [-0.39, 0.29) is 12.5 Å². The monoisotopic (exact) mass is 462 g/mol. The number of fused-ring (bicyclic) bond motifs is 1. The van der Waals surface area contributed by atoms with Crippen LogP contribution < -0.4 is 0 Å². The Morgan fingerprint density at radius 2 is 1.97 bits per heavy atom. The van der Waals surface area contributed by atoms with E-state index in [2.05, 4.69) is 21.8 Å². The lowest BCUT2D eigenvalue weighted by atomic mass is 10.1. The smallest absolute Gasteiger partial charge is 0.417 e. The molecule has 0 saturated carbocycles. The predicted molar refractivity (Wildman–Crippen MR) is 125 cm³/mol. The maximum absolute atomic E-state index is 13.0. The average molecular weight is 463 g/mol. The lowest BCUT2D eigenvalue weighted by Gasteiger charge is -2.28. The molecule has 8 heteroatoms. The molecule has 3 heterocycles. The molecule has 168 valence electrons. The van der Waals surface area contributed by atoms with Crippen molar-refractivity contribution in [2.24, 2.45) is 7.05 Å². The van der Waals surface area contributed by atoms with Crippen LogP contribution in [0, 0.1) is 11.8 Å². The van der Waals surface area contributed by atoms with Crippen molar-refractivity contribution < 1.29 is 14.3 Å². The first kappa shape index (κ1) is 22.6. The van der Waals surface area contributed by atoms with E-state index < -0.39 is 11.7 Å². The molecule has 3 aromatic rings. The number of imide groups is 1. The molecular weight excluding hydrogens is 440 g/mol. The van der Waals surface area contributed by atoms with Gasteiger partial charge in [0.15, 0.2) is 0 Å². The van der Waals surface area contributed by atoms with E-state index in [4.69, 9.17) is 16.3 Å². The van der Waals surface area contributed by atoms with E-state index in [1.165, 1.54) is 0 Å². The number of nitrogens with zero attached hydrogens (tertiary/aromatic N) is 4. The molecule has 0 aliphatic carbocycles. The number of benzene rings is 1. The molecule has 0 saturated heterocycles. The highest BCUT2D eigenvalue weighted by molar-refractivity contribution is 6.30. The Bertz CT molecular complexity index is 1310. The molecule has 2 amide bonds. The van der Waals surface area contributed by atoms with Crippen LogP contribution in [0.15, 0.2) is 42.6 Å². The van der Waals surface area contributed by atoms with Crippen molar-refractivity contribution in [3.8, 4) is 23.2 Å². The number of carbonyl (C=O) groups is 2. The zero-order chi connectivity index (χ0) is 23.8. The molecule has 33 heavy (non-hydrogen) atoms. The van der Waals surface area contributed by atoms with Gasteiger partial charge in [-0.15, -0.1) is 0 Å². The molecule has 1 aromatic carbocycles. The molecule has 0 fully saturated rings. The van der Waals surface area contributed by atoms with Crippen LogP contribution in [-0.4, -0.2) is 43.6 Å². The van der Waals surface area contributed by atoms with Crippen LogP contribution in [-0.2, 0) is 18.2 Å². The Morgan fingerprint density at radius 1 is 1.18 bits per heavy atom. The fourth-order valence-electron chi connectivity index (χ4n) is 3.59. The highest BCUT2D eigenvalue weighted by atomic mass is 35.5. The molecule has 0 spiro atoms. The van der Waals surface area contributed by atoms with Crippen molar-refractivity contribution in [1.29, 1.82) is 0 Å². The summed E-state index contributed by atoms with van der Waals surface area (Å²) in [6.07, 6.45) is 1.53. The predicted octanol–water partition coefficient (Wildman–Crippen LogP) is 4.47. The van der Waals surface area contributed by atoms with Gasteiger partial charge in [-0.3, -0.25) is 4.79 Å². The molecule has 0 N–H and O–H groups in total. The largest absolute Gasteiger partial charge is 0.443 e. The van der Waals surface area contributed by atoms with Crippen LogP contribution in [0.25, 0.3) is 11.4 Å². The Balaban J connectivity index is 1.63. The SMILES string of the molecule is Cn1c(-c2ccnc(C#Cc3cccc(Cl)c3)n2)cc2c1CCN(C(=O)OC(C)(C)C)C2=O. The van der Waals surface area contributed by atoms with E-state index in [0.29, 0.717) is 28.5 Å². The van der Waals surface area contributed by atoms with Gasteiger partial charge in [-0.25, -0.2) is 19.7 Å². The quantitative estimate of drug-likeness (QED) is 0.499. The number of halogens is 1. The lowest BCUT2D eigenvalue weighted by Crippen LogP contribution is -2.44. The summed E-state index contributed by atoms with van der Waals surface area (Å²) in [5.74, 6) is 5.95. The summed E-state index contributed by atoms with van der Waals surface area (Å²) in [4.78, 5) is 35.5. The normalized spacial score (nSPS) is 13.2. The number of carbonyl (C=O) groups excluding carboxylic acids is 2. The minimum atomic E-state index is -0.678. The van der Waals surface area contributed by atoms with Crippen molar-refractivity contribution in [2.45, 2.75) is 32.8 Å². The number of hydrogen-bond donors (Lipinski definition) is 0. The molecular formula is C25H23ClN4O3. The summed E-state index contributed by atoms with van der Waals surface area (Å²) >= 11 is 6.01. The van der Waals surface area contributed by atoms with Crippen LogP contribution >= 0.6 is 11.6 Å². The van der Waals surface area contributed by atoms with Crippen molar-refractivity contribution in [3.05, 3.63) is 70.3 Å². The third kappa shape index (κ3) is 4.91. The zero-order valence-electron chi connectivity index (χ0n) is 18.8. The fourth-order valence-corrected chi connectivity index (χ4v) is 3.78. The van der Waals surface area contributed by atoms with Crippen LogP contribution in [0.2, 0.25) is 5.02 Å². The first-order chi connectivity index (χ1) is 15.6. The van der Waals surface area contributed by atoms with E-state index >= 15 is 0 Å². The fraction of sp³-hybridized carbons (Fsp3) is 0.280. The Labute approximate surface area is 197 Å². The van der Waals surface area contributed by atoms with Gasteiger partial charge in [0, 0.05) is 42.5 Å². The molecule has 1 aliphatic rings. The second kappa shape index (κ2) is 8.72. The molecule has 2 aromatic heterocycles.